The number of rotatable bonds is 8. The number of benzene rings is 2. The summed E-state index contributed by atoms with van der Waals surface area (Å²) in [5, 5.41) is 0. The van der Waals surface area contributed by atoms with Crippen LogP contribution < -0.4 is 4.72 Å². The van der Waals surface area contributed by atoms with Crippen LogP contribution >= 0.6 is 11.9 Å². The first-order valence-corrected chi connectivity index (χ1v) is 10.4. The van der Waals surface area contributed by atoms with Crippen molar-refractivity contribution in [1.29, 1.82) is 0 Å². The lowest BCUT2D eigenvalue weighted by molar-refractivity contribution is -0.146. The van der Waals surface area contributed by atoms with E-state index in [0.29, 0.717) is 5.56 Å². The van der Waals surface area contributed by atoms with Gasteiger partial charge in [0.15, 0.2) is 23.3 Å². The van der Waals surface area contributed by atoms with Gasteiger partial charge >= 0.3 is 5.97 Å². The summed E-state index contributed by atoms with van der Waals surface area (Å²) in [4.78, 5) is 21.5. The van der Waals surface area contributed by atoms with Gasteiger partial charge in [-0.05, 0) is 38.3 Å². The summed E-state index contributed by atoms with van der Waals surface area (Å²) in [5.41, 5.74) is 0.747. The lowest BCUT2D eigenvalue weighted by Crippen LogP contribution is -2.29. The second-order valence-electron chi connectivity index (χ2n) is 7.53. The Labute approximate surface area is 192 Å². The molecular formula is C22H24F5NO4S. The molecule has 0 aliphatic rings. The Morgan fingerprint density at radius 3 is 1.94 bits per heavy atom. The van der Waals surface area contributed by atoms with Crippen molar-refractivity contribution in [2.45, 2.75) is 50.3 Å². The van der Waals surface area contributed by atoms with Crippen LogP contribution in [0.2, 0.25) is 0 Å². The van der Waals surface area contributed by atoms with Crippen LogP contribution in [-0.4, -0.2) is 31.0 Å². The van der Waals surface area contributed by atoms with Gasteiger partial charge in [0.2, 0.25) is 5.82 Å². The number of halogens is 5. The zero-order valence-electron chi connectivity index (χ0n) is 18.4. The molecule has 1 unspecified atom stereocenters. The first kappa shape index (κ1) is 28.5. The predicted octanol–water partition coefficient (Wildman–Crippen LogP) is 5.11. The van der Waals surface area contributed by atoms with Crippen LogP contribution in [0.5, 0.6) is 0 Å². The number of methoxy groups -OCH3 is 1. The molecule has 182 valence electrons. The van der Waals surface area contributed by atoms with Crippen molar-refractivity contribution in [3.8, 4) is 0 Å². The third kappa shape index (κ3) is 9.48. The third-order valence-electron chi connectivity index (χ3n) is 3.89. The topological polar surface area (TPSA) is 64.6 Å². The molecule has 0 aliphatic carbocycles. The molecule has 0 heterocycles. The summed E-state index contributed by atoms with van der Waals surface area (Å²) in [7, 11) is 1.71. The third-order valence-corrected chi connectivity index (χ3v) is 4.87. The molecule has 0 saturated heterocycles. The Morgan fingerprint density at radius 2 is 1.48 bits per heavy atom. The Morgan fingerprint density at radius 1 is 1.00 bits per heavy atom. The summed E-state index contributed by atoms with van der Waals surface area (Å²) in [6.07, 6.45) is -0.248. The number of hydrogen-bond donors (Lipinski definition) is 1. The molecule has 2 aromatic rings. The van der Waals surface area contributed by atoms with Gasteiger partial charge in [-0.2, -0.15) is 0 Å². The molecule has 2 rings (SSSR count). The molecule has 1 N–H and O–H groups in total. The van der Waals surface area contributed by atoms with E-state index in [4.69, 9.17) is 9.47 Å². The highest BCUT2D eigenvalue weighted by Gasteiger charge is 2.27. The zero-order valence-corrected chi connectivity index (χ0v) is 19.2. The van der Waals surface area contributed by atoms with Gasteiger partial charge in [0.05, 0.1) is 18.1 Å². The first-order chi connectivity index (χ1) is 15.4. The van der Waals surface area contributed by atoms with Crippen molar-refractivity contribution in [2.75, 3.05) is 7.11 Å². The molecule has 0 fully saturated rings. The van der Waals surface area contributed by atoms with Crippen LogP contribution in [-0.2, 0) is 25.7 Å². The van der Waals surface area contributed by atoms with Crippen LogP contribution in [0.4, 0.5) is 22.0 Å². The molecule has 33 heavy (non-hydrogen) atoms. The van der Waals surface area contributed by atoms with Gasteiger partial charge in [0, 0.05) is 7.11 Å². The Kier molecular flexibility index (Phi) is 11.5. The summed E-state index contributed by atoms with van der Waals surface area (Å²) >= 11 is 0.0141. The van der Waals surface area contributed by atoms with Crippen LogP contribution in [0.3, 0.4) is 0 Å². The fraction of sp³-hybridized carbons (Fsp3) is 0.364. The van der Waals surface area contributed by atoms with Gasteiger partial charge < -0.3 is 14.3 Å². The maximum Gasteiger partial charge on any atom is 0.308 e. The largest absolute Gasteiger partial charge is 0.461 e. The van der Waals surface area contributed by atoms with Crippen molar-refractivity contribution < 1.29 is 41.0 Å². The summed E-state index contributed by atoms with van der Waals surface area (Å²) < 4.78 is 78.5. The minimum absolute atomic E-state index is 0.0141. The van der Waals surface area contributed by atoms with E-state index in [-0.39, 0.29) is 30.4 Å². The van der Waals surface area contributed by atoms with E-state index in [1.165, 1.54) is 0 Å². The second kappa shape index (κ2) is 13.3. The first-order valence-electron chi connectivity index (χ1n) is 9.55. The number of hydrogen-bond acceptors (Lipinski definition) is 6. The number of aldehydes is 1. The van der Waals surface area contributed by atoms with Crippen LogP contribution in [0.15, 0.2) is 35.2 Å². The molecular weight excluding hydrogens is 469 g/mol. The SMILES string of the molecule is COC(C)(C)C.O=CC(CC(=O)OCc1ccccc1)NSc1c(F)c(F)c(F)c(F)c1F. The number of esters is 1. The summed E-state index contributed by atoms with van der Waals surface area (Å²) in [5.74, 6) is -11.4. The van der Waals surface area contributed by atoms with Gasteiger partial charge in [-0.1, -0.05) is 30.3 Å². The minimum Gasteiger partial charge on any atom is -0.461 e. The van der Waals surface area contributed by atoms with E-state index in [0.717, 1.165) is 0 Å². The molecule has 5 nitrogen and oxygen atoms in total. The highest BCUT2D eigenvalue weighted by molar-refractivity contribution is 7.97. The maximum atomic E-state index is 13.6. The normalized spacial score (nSPS) is 11.9. The highest BCUT2D eigenvalue weighted by atomic mass is 32.2. The average Bonchev–Trinajstić information content (AvgIpc) is 2.80. The number of carbonyl (C=O) groups excluding carboxylic acids is 2. The van der Waals surface area contributed by atoms with Crippen molar-refractivity contribution >= 4 is 24.2 Å². The van der Waals surface area contributed by atoms with Crippen LogP contribution in [0.25, 0.3) is 0 Å². The molecule has 0 aliphatic heterocycles. The summed E-state index contributed by atoms with van der Waals surface area (Å²) in [6.45, 7) is 6.02. The van der Waals surface area contributed by atoms with E-state index in [1.807, 2.05) is 20.8 Å². The Bertz CT molecular complexity index is 910. The number of ether oxygens (including phenoxy) is 2. The van der Waals surface area contributed by atoms with Crippen molar-refractivity contribution in [3.05, 3.63) is 65.0 Å². The van der Waals surface area contributed by atoms with Crippen molar-refractivity contribution in [3.63, 3.8) is 0 Å². The summed E-state index contributed by atoms with van der Waals surface area (Å²) in [6, 6.07) is 7.39. The average molecular weight is 493 g/mol. The second-order valence-corrected chi connectivity index (χ2v) is 8.38. The molecule has 0 aromatic heterocycles. The van der Waals surface area contributed by atoms with Crippen molar-refractivity contribution in [1.82, 2.24) is 4.72 Å². The van der Waals surface area contributed by atoms with Gasteiger partial charge in [-0.15, -0.1) is 0 Å². The molecule has 2 aromatic carbocycles. The number of carbonyl (C=O) groups is 2. The standard InChI is InChI=1S/C17H12F5NO3S.C5H12O/c18-12-13(19)15(21)17(16(22)14(12)20)27-23-10(7-24)6-11(25)26-8-9-4-2-1-3-5-9;1-5(2,3)6-4/h1-5,7,10,23H,6,8H2;1-4H3. The molecule has 0 saturated carbocycles. The Hall–Kier alpha value is -2.50. The quantitative estimate of drug-likeness (QED) is 0.138. The van der Waals surface area contributed by atoms with E-state index < -0.39 is 52.4 Å². The Balaban J connectivity index is 0.000000801. The van der Waals surface area contributed by atoms with Gasteiger partial charge in [0.1, 0.15) is 17.8 Å². The maximum absolute atomic E-state index is 13.6. The fourth-order valence-corrected chi connectivity index (χ4v) is 2.67. The van der Waals surface area contributed by atoms with E-state index in [9.17, 15) is 31.5 Å². The lowest BCUT2D eigenvalue weighted by Gasteiger charge is -2.14. The molecule has 0 bridgehead atoms. The monoisotopic (exact) mass is 493 g/mol. The predicted molar refractivity (Wildman–Crippen MR) is 113 cm³/mol. The zero-order chi connectivity index (χ0) is 25.2. The van der Waals surface area contributed by atoms with Crippen LogP contribution in [0, 0.1) is 29.1 Å². The minimum atomic E-state index is -2.29. The van der Waals surface area contributed by atoms with Crippen molar-refractivity contribution in [2.24, 2.45) is 0 Å². The van der Waals surface area contributed by atoms with Gasteiger partial charge in [-0.25, -0.2) is 26.7 Å². The lowest BCUT2D eigenvalue weighted by atomic mass is 10.2. The highest BCUT2D eigenvalue weighted by Crippen LogP contribution is 2.29. The van der Waals surface area contributed by atoms with E-state index >= 15 is 0 Å². The molecule has 1 atom stereocenters. The smallest absolute Gasteiger partial charge is 0.308 e. The molecule has 11 heteroatoms. The fourth-order valence-electron chi connectivity index (χ4n) is 1.90. The molecule has 0 radical (unpaired) electrons. The van der Waals surface area contributed by atoms with E-state index in [2.05, 4.69) is 4.72 Å². The molecule has 0 amide bonds. The molecule has 0 spiro atoms. The number of nitrogens with one attached hydrogen (secondary N) is 1. The van der Waals surface area contributed by atoms with Crippen LogP contribution in [0.1, 0.15) is 32.8 Å². The van der Waals surface area contributed by atoms with E-state index in [1.54, 1.807) is 37.4 Å². The van der Waals surface area contributed by atoms with Gasteiger partial charge in [-0.3, -0.25) is 4.79 Å². The van der Waals surface area contributed by atoms with Gasteiger partial charge in [0.25, 0.3) is 0 Å².